The van der Waals surface area contributed by atoms with Crippen LogP contribution < -0.4 is 20.7 Å². The monoisotopic (exact) mass is 398 g/mol. The summed E-state index contributed by atoms with van der Waals surface area (Å²) in [5.41, 5.74) is 1.34. The molecule has 4 rings (SSSR count). The van der Waals surface area contributed by atoms with Crippen molar-refractivity contribution in [3.05, 3.63) is 121 Å². The molecule has 0 aliphatic heterocycles. The Morgan fingerprint density at radius 3 is 1.34 bits per heavy atom. The molecule has 0 N–H and O–H groups in total. The summed E-state index contributed by atoms with van der Waals surface area (Å²) in [7, 11) is -2.24. The first kappa shape index (κ1) is 19.4. The predicted octanol–water partition coefficient (Wildman–Crippen LogP) is 5.31. The van der Waals surface area contributed by atoms with E-state index in [2.05, 4.69) is 115 Å². The summed E-state index contributed by atoms with van der Waals surface area (Å²) < 4.78 is 5.66. The van der Waals surface area contributed by atoms with Gasteiger partial charge in [0.05, 0.1) is 0 Å². The van der Waals surface area contributed by atoms with Crippen LogP contribution in [0.25, 0.3) is 0 Å². The van der Waals surface area contributed by atoms with Gasteiger partial charge >= 0.3 is 174 Å². The van der Waals surface area contributed by atoms with Crippen molar-refractivity contribution in [3.63, 3.8) is 0 Å². The van der Waals surface area contributed by atoms with Crippen LogP contribution in [-0.2, 0) is 6.16 Å². The van der Waals surface area contributed by atoms with E-state index in [0.717, 1.165) is 11.9 Å². The average Bonchev–Trinajstić information content (AvgIpc) is 2.80. The number of benzene rings is 4. The van der Waals surface area contributed by atoms with Crippen molar-refractivity contribution < 1.29 is 4.74 Å². The molecule has 0 radical (unpaired) electrons. The van der Waals surface area contributed by atoms with E-state index in [0.29, 0.717) is 6.61 Å². The van der Waals surface area contributed by atoms with Crippen LogP contribution in [0, 0.1) is 0 Å². The van der Waals surface area contributed by atoms with Crippen molar-refractivity contribution in [2.24, 2.45) is 0 Å². The van der Waals surface area contributed by atoms with Crippen molar-refractivity contribution in [3.8, 4) is 5.75 Å². The Bertz CT molecular complexity index is 916. The number of hydrogen-bond acceptors (Lipinski definition) is 1. The molecule has 4 aromatic carbocycles. The van der Waals surface area contributed by atoms with Gasteiger partial charge in [0.1, 0.15) is 0 Å². The molecule has 0 aromatic heterocycles. The van der Waals surface area contributed by atoms with Crippen molar-refractivity contribution in [1.29, 1.82) is 0 Å². The summed E-state index contributed by atoms with van der Waals surface area (Å²) in [6.07, 6.45) is 1.01. The van der Waals surface area contributed by atoms with Gasteiger partial charge in [0, 0.05) is 0 Å². The van der Waals surface area contributed by atoms with Gasteiger partial charge in [0.15, 0.2) is 0 Å². The van der Waals surface area contributed by atoms with E-state index in [-0.39, 0.29) is 0 Å². The zero-order valence-corrected chi connectivity index (χ0v) is 17.8. The molecule has 2 heteroatoms. The Balaban J connectivity index is 1.90. The maximum atomic E-state index is 5.66. The topological polar surface area (TPSA) is 9.23 Å². The second-order valence-corrected chi connectivity index (χ2v) is 11.2. The van der Waals surface area contributed by atoms with Gasteiger partial charge in [-0.1, -0.05) is 0 Å². The molecule has 0 unspecified atom stereocenters. The standard InChI is InChI=1S/C27H27OP/c1-2-28-24-20-18-23(19-21-24)22-29(25-12-6-3-7-13-25,26-14-8-4-9-15-26)27-16-10-5-11-17-27/h3-21,29H,2,22H2,1H3. The molecule has 146 valence electrons. The fourth-order valence-electron chi connectivity index (χ4n) is 4.15. The van der Waals surface area contributed by atoms with Crippen LogP contribution in [0.5, 0.6) is 5.75 Å². The van der Waals surface area contributed by atoms with E-state index in [4.69, 9.17) is 4.74 Å². The van der Waals surface area contributed by atoms with Crippen LogP contribution in [0.2, 0.25) is 0 Å². The third-order valence-electron chi connectivity index (χ3n) is 5.50. The molecule has 0 amide bonds. The number of hydrogen-bond donors (Lipinski definition) is 0. The third kappa shape index (κ3) is 4.11. The summed E-state index contributed by atoms with van der Waals surface area (Å²) in [5.74, 6) is 0.933. The van der Waals surface area contributed by atoms with Gasteiger partial charge in [0.25, 0.3) is 0 Å². The molecule has 0 saturated heterocycles. The van der Waals surface area contributed by atoms with E-state index < -0.39 is 7.26 Å². The average molecular weight is 398 g/mol. The van der Waals surface area contributed by atoms with Crippen molar-refractivity contribution in [2.45, 2.75) is 13.1 Å². The Morgan fingerprint density at radius 1 is 0.552 bits per heavy atom. The van der Waals surface area contributed by atoms with Gasteiger partial charge in [-0.25, -0.2) is 0 Å². The molecule has 0 aliphatic carbocycles. The van der Waals surface area contributed by atoms with Gasteiger partial charge < -0.3 is 0 Å². The second kappa shape index (κ2) is 9.07. The van der Waals surface area contributed by atoms with Crippen LogP contribution in [0.3, 0.4) is 0 Å². The van der Waals surface area contributed by atoms with Gasteiger partial charge in [-0.05, 0) is 0 Å². The first-order chi connectivity index (χ1) is 14.3. The van der Waals surface area contributed by atoms with E-state index in [9.17, 15) is 0 Å². The van der Waals surface area contributed by atoms with Crippen LogP contribution in [0.15, 0.2) is 115 Å². The molecule has 1 nitrogen and oxygen atoms in total. The van der Waals surface area contributed by atoms with Crippen LogP contribution in [0.1, 0.15) is 12.5 Å². The predicted molar refractivity (Wildman–Crippen MR) is 128 cm³/mol. The summed E-state index contributed by atoms with van der Waals surface area (Å²) >= 11 is 0. The molecule has 0 atom stereocenters. The van der Waals surface area contributed by atoms with Gasteiger partial charge in [-0.3, -0.25) is 0 Å². The molecule has 0 fully saturated rings. The molecule has 29 heavy (non-hydrogen) atoms. The summed E-state index contributed by atoms with van der Waals surface area (Å²) in [6, 6.07) is 41.8. The molecule has 0 heterocycles. The van der Waals surface area contributed by atoms with Crippen LogP contribution in [0.4, 0.5) is 0 Å². The first-order valence-electron chi connectivity index (χ1n) is 10.2. The fraction of sp³-hybridized carbons (Fsp3) is 0.111. The second-order valence-electron chi connectivity index (χ2n) is 7.26. The van der Waals surface area contributed by atoms with Gasteiger partial charge in [-0.2, -0.15) is 0 Å². The fourth-order valence-corrected chi connectivity index (χ4v) is 8.90. The Hall–Kier alpha value is -2.89. The quantitative estimate of drug-likeness (QED) is 0.383. The van der Waals surface area contributed by atoms with E-state index >= 15 is 0 Å². The molecular formula is C27H27OP. The molecular weight excluding hydrogens is 371 g/mol. The summed E-state index contributed by atoms with van der Waals surface area (Å²) in [5, 5.41) is 4.31. The van der Waals surface area contributed by atoms with Crippen molar-refractivity contribution >= 4 is 23.2 Å². The Morgan fingerprint density at radius 2 is 0.966 bits per heavy atom. The van der Waals surface area contributed by atoms with Crippen molar-refractivity contribution in [1.82, 2.24) is 0 Å². The Kier molecular flexibility index (Phi) is 6.08. The minimum absolute atomic E-state index is 0.691. The Labute approximate surface area is 174 Å². The summed E-state index contributed by atoms with van der Waals surface area (Å²) in [6.45, 7) is 2.71. The van der Waals surface area contributed by atoms with Gasteiger partial charge in [0.2, 0.25) is 0 Å². The molecule has 0 bridgehead atoms. The van der Waals surface area contributed by atoms with E-state index in [1.807, 2.05) is 6.92 Å². The van der Waals surface area contributed by atoms with Crippen LogP contribution in [-0.4, -0.2) is 6.61 Å². The molecule has 0 spiro atoms. The molecule has 0 saturated carbocycles. The molecule has 0 aliphatic rings. The normalized spacial score (nSPS) is 11.8. The number of rotatable bonds is 7. The SMILES string of the molecule is CCOc1ccc(C[PH](c2ccccc2)(c2ccccc2)c2ccccc2)cc1. The first-order valence-corrected chi connectivity index (χ1v) is 12.4. The zero-order valence-electron chi connectivity index (χ0n) is 16.8. The van der Waals surface area contributed by atoms with E-state index in [1.165, 1.54) is 21.5 Å². The number of ether oxygens (including phenoxy) is 1. The van der Waals surface area contributed by atoms with Crippen molar-refractivity contribution in [2.75, 3.05) is 6.61 Å². The summed E-state index contributed by atoms with van der Waals surface area (Å²) in [4.78, 5) is 0. The van der Waals surface area contributed by atoms with Crippen LogP contribution >= 0.6 is 7.26 Å². The molecule has 4 aromatic rings. The zero-order chi connectivity index (χ0) is 19.9. The third-order valence-corrected chi connectivity index (χ3v) is 10.4. The van der Waals surface area contributed by atoms with Gasteiger partial charge in [-0.15, -0.1) is 0 Å². The maximum absolute atomic E-state index is 5.66. The minimum atomic E-state index is -2.24. The van der Waals surface area contributed by atoms with E-state index in [1.54, 1.807) is 0 Å².